The molecule has 2 atom stereocenters. The van der Waals surface area contributed by atoms with Gasteiger partial charge in [0.15, 0.2) is 0 Å². The highest BCUT2D eigenvalue weighted by atomic mass is 35.5. The topological polar surface area (TPSA) is 82.6 Å². The number of hydrogen-bond donors (Lipinski definition) is 2. The van der Waals surface area contributed by atoms with Crippen molar-refractivity contribution in [2.75, 3.05) is 26.3 Å². The van der Waals surface area contributed by atoms with Crippen molar-refractivity contribution in [1.82, 2.24) is 9.88 Å². The number of piperidine rings is 1. The average molecular weight is 355 g/mol. The molecule has 1 aromatic heterocycles. The first kappa shape index (κ1) is 17.5. The van der Waals surface area contributed by atoms with E-state index in [1.165, 1.54) is 12.3 Å². The number of amides is 1. The summed E-state index contributed by atoms with van der Waals surface area (Å²) in [5.41, 5.74) is -0.791. The van der Waals surface area contributed by atoms with Gasteiger partial charge in [-0.3, -0.25) is 9.59 Å². The molecule has 3 heterocycles. The van der Waals surface area contributed by atoms with E-state index >= 15 is 0 Å². The number of aromatic nitrogens is 1. The summed E-state index contributed by atoms with van der Waals surface area (Å²) in [6, 6.07) is 1.40. The maximum absolute atomic E-state index is 12.6. The summed E-state index contributed by atoms with van der Waals surface area (Å²) in [6.07, 6.45) is 3.68. The first-order valence-corrected chi connectivity index (χ1v) is 8.77. The third-order valence-corrected chi connectivity index (χ3v) is 5.73. The molecule has 0 unspecified atom stereocenters. The van der Waals surface area contributed by atoms with Crippen LogP contribution in [-0.2, 0) is 4.74 Å². The van der Waals surface area contributed by atoms with E-state index in [4.69, 9.17) is 16.3 Å². The SMILES string of the molecule is C[C@@H]1CN(C(=O)c2c[nH]c(=O)c(Cl)c2)CC[C@@]1(O)C1CCOCC1. The van der Waals surface area contributed by atoms with E-state index in [1.807, 2.05) is 6.92 Å². The summed E-state index contributed by atoms with van der Waals surface area (Å²) >= 11 is 5.81. The Morgan fingerprint density at radius 2 is 2.17 bits per heavy atom. The van der Waals surface area contributed by atoms with Crippen LogP contribution in [0, 0.1) is 11.8 Å². The quantitative estimate of drug-likeness (QED) is 0.846. The molecule has 0 radical (unpaired) electrons. The minimum Gasteiger partial charge on any atom is -0.389 e. The molecule has 7 heteroatoms. The van der Waals surface area contributed by atoms with Gasteiger partial charge in [0.2, 0.25) is 0 Å². The van der Waals surface area contributed by atoms with Gasteiger partial charge in [0.05, 0.1) is 11.2 Å². The fourth-order valence-electron chi connectivity index (χ4n) is 3.89. The molecule has 6 nitrogen and oxygen atoms in total. The van der Waals surface area contributed by atoms with Crippen molar-refractivity contribution >= 4 is 17.5 Å². The number of pyridine rings is 1. The summed E-state index contributed by atoms with van der Waals surface area (Å²) < 4.78 is 5.39. The summed E-state index contributed by atoms with van der Waals surface area (Å²) in [6.45, 7) is 4.36. The van der Waals surface area contributed by atoms with Crippen LogP contribution in [0.5, 0.6) is 0 Å². The van der Waals surface area contributed by atoms with Gasteiger partial charge in [-0.25, -0.2) is 0 Å². The van der Waals surface area contributed by atoms with Gasteiger partial charge in [0, 0.05) is 38.4 Å². The number of aromatic amines is 1. The van der Waals surface area contributed by atoms with Crippen LogP contribution in [0.2, 0.25) is 5.02 Å². The molecule has 24 heavy (non-hydrogen) atoms. The number of ether oxygens (including phenoxy) is 1. The van der Waals surface area contributed by atoms with Crippen LogP contribution in [-0.4, -0.2) is 52.8 Å². The summed E-state index contributed by atoms with van der Waals surface area (Å²) in [4.78, 5) is 28.2. The lowest BCUT2D eigenvalue weighted by Crippen LogP contribution is -2.56. The lowest BCUT2D eigenvalue weighted by atomic mass is 9.70. The first-order valence-electron chi connectivity index (χ1n) is 8.39. The number of halogens is 1. The summed E-state index contributed by atoms with van der Waals surface area (Å²) in [5, 5.41) is 11.2. The van der Waals surface area contributed by atoms with E-state index < -0.39 is 11.2 Å². The van der Waals surface area contributed by atoms with E-state index in [9.17, 15) is 14.7 Å². The number of hydrogen-bond acceptors (Lipinski definition) is 4. The molecule has 2 fully saturated rings. The molecule has 132 valence electrons. The lowest BCUT2D eigenvalue weighted by Gasteiger charge is -2.48. The highest BCUT2D eigenvalue weighted by molar-refractivity contribution is 6.30. The Labute approximate surface area is 145 Å². The zero-order valence-electron chi connectivity index (χ0n) is 13.8. The molecular weight excluding hydrogens is 332 g/mol. The zero-order chi connectivity index (χ0) is 17.3. The minimum absolute atomic E-state index is 0.00428. The van der Waals surface area contributed by atoms with Crippen molar-refractivity contribution < 1.29 is 14.6 Å². The molecule has 0 saturated carbocycles. The van der Waals surface area contributed by atoms with Crippen molar-refractivity contribution in [3.63, 3.8) is 0 Å². The van der Waals surface area contributed by atoms with Gasteiger partial charge in [-0.15, -0.1) is 0 Å². The largest absolute Gasteiger partial charge is 0.389 e. The van der Waals surface area contributed by atoms with Crippen molar-refractivity contribution in [3.8, 4) is 0 Å². The van der Waals surface area contributed by atoms with E-state index in [2.05, 4.69) is 4.98 Å². The molecule has 0 aliphatic carbocycles. The Morgan fingerprint density at radius 1 is 1.46 bits per heavy atom. The number of nitrogens with zero attached hydrogens (tertiary/aromatic N) is 1. The van der Waals surface area contributed by atoms with Crippen molar-refractivity contribution in [2.24, 2.45) is 11.8 Å². The number of nitrogens with one attached hydrogen (secondary N) is 1. The molecule has 0 bridgehead atoms. The Balaban J connectivity index is 1.71. The number of carbonyl (C=O) groups excluding carboxylic acids is 1. The predicted octanol–water partition coefficient (Wildman–Crippen LogP) is 1.67. The molecule has 0 spiro atoms. The van der Waals surface area contributed by atoms with Crippen LogP contribution in [0.4, 0.5) is 0 Å². The fraction of sp³-hybridized carbons (Fsp3) is 0.647. The Kier molecular flexibility index (Phi) is 4.99. The lowest BCUT2D eigenvalue weighted by molar-refractivity contribution is -0.125. The van der Waals surface area contributed by atoms with Gasteiger partial charge in [0.1, 0.15) is 5.02 Å². The second-order valence-electron chi connectivity index (χ2n) is 6.85. The standard InChI is InChI=1S/C17H23ClN2O4/c1-11-10-20(16(22)12-8-14(18)15(21)19-9-12)5-4-17(11,23)13-2-6-24-7-3-13/h8-9,11,13,23H,2-7,10H2,1H3,(H,19,21)/t11-,17+/m1/s1. The molecule has 2 saturated heterocycles. The highest BCUT2D eigenvalue weighted by Gasteiger charge is 2.46. The predicted molar refractivity (Wildman–Crippen MR) is 90.3 cm³/mol. The maximum atomic E-state index is 12.6. The summed E-state index contributed by atoms with van der Waals surface area (Å²) in [7, 11) is 0. The zero-order valence-corrected chi connectivity index (χ0v) is 14.5. The molecule has 3 rings (SSSR count). The molecule has 2 aliphatic rings. The van der Waals surface area contributed by atoms with Crippen LogP contribution in [0.1, 0.15) is 36.5 Å². The second kappa shape index (κ2) is 6.86. The highest BCUT2D eigenvalue weighted by Crippen LogP contribution is 2.39. The van der Waals surface area contributed by atoms with Crippen molar-refractivity contribution in [1.29, 1.82) is 0 Å². The van der Waals surface area contributed by atoms with Crippen LogP contribution >= 0.6 is 11.6 Å². The average Bonchev–Trinajstić information content (AvgIpc) is 2.60. The first-order chi connectivity index (χ1) is 11.4. The normalized spacial score (nSPS) is 28.8. The molecule has 1 amide bonds. The smallest absolute Gasteiger partial charge is 0.266 e. The molecule has 2 aliphatic heterocycles. The minimum atomic E-state index is -0.747. The Morgan fingerprint density at radius 3 is 2.79 bits per heavy atom. The monoisotopic (exact) mass is 354 g/mol. The Hall–Kier alpha value is -1.37. The third-order valence-electron chi connectivity index (χ3n) is 5.45. The number of rotatable bonds is 2. The van der Waals surface area contributed by atoms with Crippen molar-refractivity contribution in [3.05, 3.63) is 33.2 Å². The van der Waals surface area contributed by atoms with Crippen LogP contribution < -0.4 is 5.56 Å². The third kappa shape index (κ3) is 3.23. The van der Waals surface area contributed by atoms with Crippen LogP contribution in [0.3, 0.4) is 0 Å². The fourth-order valence-corrected chi connectivity index (χ4v) is 4.06. The number of carbonyl (C=O) groups is 1. The van der Waals surface area contributed by atoms with Crippen LogP contribution in [0.15, 0.2) is 17.1 Å². The number of likely N-dealkylation sites (tertiary alicyclic amines) is 1. The number of H-pyrrole nitrogens is 1. The van der Waals surface area contributed by atoms with Crippen LogP contribution in [0.25, 0.3) is 0 Å². The van der Waals surface area contributed by atoms with Gasteiger partial charge >= 0.3 is 0 Å². The van der Waals surface area contributed by atoms with E-state index in [1.54, 1.807) is 4.90 Å². The van der Waals surface area contributed by atoms with Gasteiger partial charge in [-0.2, -0.15) is 0 Å². The van der Waals surface area contributed by atoms with E-state index in [-0.39, 0.29) is 22.8 Å². The number of aliphatic hydroxyl groups is 1. The van der Waals surface area contributed by atoms with E-state index in [0.29, 0.717) is 38.3 Å². The second-order valence-corrected chi connectivity index (χ2v) is 7.25. The van der Waals surface area contributed by atoms with Crippen molar-refractivity contribution in [2.45, 2.75) is 31.8 Å². The van der Waals surface area contributed by atoms with Gasteiger partial charge in [-0.1, -0.05) is 18.5 Å². The molecule has 2 N–H and O–H groups in total. The Bertz CT molecular complexity index is 671. The molecular formula is C17H23ClN2O4. The molecule has 0 aromatic carbocycles. The van der Waals surface area contributed by atoms with Gasteiger partial charge < -0.3 is 19.7 Å². The summed E-state index contributed by atoms with van der Waals surface area (Å²) in [5.74, 6) is 0.0339. The maximum Gasteiger partial charge on any atom is 0.266 e. The molecule has 1 aromatic rings. The van der Waals surface area contributed by atoms with E-state index in [0.717, 1.165) is 12.8 Å². The van der Waals surface area contributed by atoms with Gasteiger partial charge in [-0.05, 0) is 31.2 Å². The van der Waals surface area contributed by atoms with Gasteiger partial charge in [0.25, 0.3) is 11.5 Å².